The Morgan fingerprint density at radius 2 is 1.86 bits per heavy atom. The normalized spacial score (nSPS) is 11.3. The molecule has 2 aromatic rings. The summed E-state index contributed by atoms with van der Waals surface area (Å²) >= 11 is 6.12. The lowest BCUT2D eigenvalue weighted by Crippen LogP contribution is -1.97. The van der Waals surface area contributed by atoms with Crippen LogP contribution in [0.3, 0.4) is 0 Å². The second-order valence-corrected chi connectivity index (χ2v) is 4.82. The highest BCUT2D eigenvalue weighted by Gasteiger charge is 2.08. The number of nitrogens with one attached hydrogen (secondary N) is 1. The van der Waals surface area contributed by atoms with Crippen molar-refractivity contribution in [2.75, 3.05) is 7.11 Å². The first-order chi connectivity index (χ1) is 10.6. The van der Waals surface area contributed by atoms with E-state index in [9.17, 15) is 0 Å². The van der Waals surface area contributed by atoms with Crippen LogP contribution in [0, 0.1) is 16.9 Å². The highest BCUT2D eigenvalue weighted by molar-refractivity contribution is 6.32. The molecular formula is C16H13ClN4O. The van der Waals surface area contributed by atoms with E-state index in [0.717, 1.165) is 11.1 Å². The predicted molar refractivity (Wildman–Crippen MR) is 85.3 cm³/mol. The number of allylic oxidation sites excluding steroid dienone is 1. The van der Waals surface area contributed by atoms with Gasteiger partial charge in [0.2, 0.25) is 0 Å². The van der Waals surface area contributed by atoms with Gasteiger partial charge in [0.1, 0.15) is 23.2 Å². The summed E-state index contributed by atoms with van der Waals surface area (Å²) in [4.78, 5) is 0. The van der Waals surface area contributed by atoms with E-state index in [2.05, 4.69) is 5.11 Å². The fourth-order valence-electron chi connectivity index (χ4n) is 2.00. The molecule has 0 amide bonds. The molecule has 0 aliphatic rings. The number of nitriles is 1. The fraction of sp³-hybridized carbons (Fsp3) is 0.0625. The Morgan fingerprint density at radius 1 is 1.23 bits per heavy atom. The Labute approximate surface area is 133 Å². The number of ether oxygens (including phenoxy) is 1. The Bertz CT molecular complexity index is 776. The van der Waals surface area contributed by atoms with Crippen molar-refractivity contribution in [3.8, 4) is 22.9 Å². The van der Waals surface area contributed by atoms with E-state index in [1.54, 1.807) is 31.4 Å². The van der Waals surface area contributed by atoms with Gasteiger partial charge in [-0.2, -0.15) is 10.4 Å². The number of nitrogens with zero attached hydrogens (tertiary/aromatic N) is 2. The van der Waals surface area contributed by atoms with E-state index in [4.69, 9.17) is 32.9 Å². The maximum atomic E-state index is 8.81. The third kappa shape index (κ3) is 3.08. The highest BCUT2D eigenvalue weighted by Crippen LogP contribution is 2.31. The highest BCUT2D eigenvalue weighted by atomic mass is 35.5. The lowest BCUT2D eigenvalue weighted by atomic mass is 10.0. The summed E-state index contributed by atoms with van der Waals surface area (Å²) in [5.74, 6) is 0.613. The molecule has 0 unspecified atom stereocenters. The zero-order valence-corrected chi connectivity index (χ0v) is 12.6. The van der Waals surface area contributed by atoms with Gasteiger partial charge in [-0.3, -0.25) is 0 Å². The first kappa shape index (κ1) is 15.5. The zero-order valence-electron chi connectivity index (χ0n) is 11.8. The number of nitrogens with two attached hydrogens (primary N) is 1. The van der Waals surface area contributed by atoms with Crippen LogP contribution in [0.25, 0.3) is 16.8 Å². The SMILES string of the molecule is COc1ccc(-c2ccc(/C(N=N)=C(/N)C#N)cc2)cc1Cl. The van der Waals surface area contributed by atoms with Crippen molar-refractivity contribution in [3.63, 3.8) is 0 Å². The van der Waals surface area contributed by atoms with E-state index >= 15 is 0 Å². The van der Waals surface area contributed by atoms with Gasteiger partial charge in [0, 0.05) is 5.56 Å². The standard InChI is InChI=1S/C16H13ClN4O/c1-22-15-7-6-12(8-13(15)17)10-2-4-11(5-3-10)16(21-20)14(19)9-18/h2-8,20H,19H2,1H3/b16-14-,21-20?. The smallest absolute Gasteiger partial charge is 0.139 e. The van der Waals surface area contributed by atoms with Gasteiger partial charge < -0.3 is 10.5 Å². The predicted octanol–water partition coefficient (Wildman–Crippen LogP) is 4.20. The van der Waals surface area contributed by atoms with Crippen LogP contribution in [-0.2, 0) is 0 Å². The molecule has 110 valence electrons. The van der Waals surface area contributed by atoms with Crippen molar-refractivity contribution in [2.45, 2.75) is 0 Å². The van der Waals surface area contributed by atoms with Gasteiger partial charge in [-0.1, -0.05) is 41.9 Å². The topological polar surface area (TPSA) is 95.2 Å². The van der Waals surface area contributed by atoms with Crippen LogP contribution in [0.15, 0.2) is 53.3 Å². The summed E-state index contributed by atoms with van der Waals surface area (Å²) in [5, 5.41) is 12.6. The molecule has 3 N–H and O–H groups in total. The van der Waals surface area contributed by atoms with Crippen molar-refractivity contribution in [1.29, 1.82) is 10.8 Å². The summed E-state index contributed by atoms with van der Waals surface area (Å²) in [5.41, 5.74) is 15.2. The molecule has 0 radical (unpaired) electrons. The maximum absolute atomic E-state index is 8.81. The molecule has 0 saturated carbocycles. The second kappa shape index (κ2) is 6.74. The second-order valence-electron chi connectivity index (χ2n) is 4.41. The number of benzene rings is 2. The van der Waals surface area contributed by atoms with E-state index in [-0.39, 0.29) is 11.4 Å². The van der Waals surface area contributed by atoms with Gasteiger partial charge in [-0.25, -0.2) is 5.53 Å². The molecule has 0 heterocycles. The minimum Gasteiger partial charge on any atom is -0.495 e. The van der Waals surface area contributed by atoms with Crippen molar-refractivity contribution in [3.05, 3.63) is 58.7 Å². The summed E-state index contributed by atoms with van der Waals surface area (Å²) < 4.78 is 5.12. The quantitative estimate of drug-likeness (QED) is 0.654. The number of rotatable bonds is 4. The first-order valence-corrected chi connectivity index (χ1v) is 6.70. The summed E-state index contributed by atoms with van der Waals surface area (Å²) in [7, 11) is 1.56. The van der Waals surface area contributed by atoms with Gasteiger partial charge in [-0.05, 0) is 23.3 Å². The van der Waals surface area contributed by atoms with Crippen LogP contribution in [0.5, 0.6) is 5.75 Å². The molecule has 6 heteroatoms. The number of methoxy groups -OCH3 is 1. The van der Waals surface area contributed by atoms with Crippen molar-refractivity contribution >= 4 is 17.3 Å². The summed E-state index contributed by atoms with van der Waals surface area (Å²) in [6.07, 6.45) is 0. The molecule has 0 bridgehead atoms. The molecule has 0 aliphatic heterocycles. The van der Waals surface area contributed by atoms with Gasteiger partial charge in [-0.15, -0.1) is 0 Å². The average molecular weight is 313 g/mol. The Morgan fingerprint density at radius 3 is 2.36 bits per heavy atom. The molecule has 0 fully saturated rings. The van der Waals surface area contributed by atoms with Crippen molar-refractivity contribution < 1.29 is 4.74 Å². The molecule has 5 nitrogen and oxygen atoms in total. The monoisotopic (exact) mass is 312 g/mol. The van der Waals surface area contributed by atoms with E-state index in [1.165, 1.54) is 0 Å². The average Bonchev–Trinajstić information content (AvgIpc) is 2.56. The van der Waals surface area contributed by atoms with Crippen LogP contribution in [0.4, 0.5) is 0 Å². The van der Waals surface area contributed by atoms with Gasteiger partial charge in [0.15, 0.2) is 0 Å². The molecular weight excluding hydrogens is 300 g/mol. The Kier molecular flexibility index (Phi) is 4.77. The first-order valence-electron chi connectivity index (χ1n) is 6.32. The largest absolute Gasteiger partial charge is 0.495 e. The molecule has 2 rings (SSSR count). The molecule has 2 aromatic carbocycles. The lowest BCUT2D eigenvalue weighted by molar-refractivity contribution is 0.415. The van der Waals surface area contributed by atoms with Gasteiger partial charge in [0.05, 0.1) is 12.1 Å². The molecule has 0 atom stereocenters. The van der Waals surface area contributed by atoms with Crippen molar-refractivity contribution in [1.82, 2.24) is 0 Å². The zero-order chi connectivity index (χ0) is 16.1. The molecule has 0 aliphatic carbocycles. The minimum absolute atomic E-state index is 0.0877. The number of hydrogen-bond acceptors (Lipinski definition) is 5. The van der Waals surface area contributed by atoms with Crippen LogP contribution >= 0.6 is 11.6 Å². The minimum atomic E-state index is -0.0877. The van der Waals surface area contributed by atoms with E-state index in [0.29, 0.717) is 16.3 Å². The Balaban J connectivity index is 2.39. The summed E-state index contributed by atoms with van der Waals surface area (Å²) in [6.45, 7) is 0. The van der Waals surface area contributed by atoms with Crippen LogP contribution in [0.1, 0.15) is 5.56 Å². The number of hydrogen-bond donors (Lipinski definition) is 2. The van der Waals surface area contributed by atoms with Crippen LogP contribution < -0.4 is 10.5 Å². The lowest BCUT2D eigenvalue weighted by Gasteiger charge is -2.07. The van der Waals surface area contributed by atoms with E-state index < -0.39 is 0 Å². The van der Waals surface area contributed by atoms with Gasteiger partial charge in [0.25, 0.3) is 0 Å². The molecule has 22 heavy (non-hydrogen) atoms. The van der Waals surface area contributed by atoms with E-state index in [1.807, 2.05) is 24.3 Å². The molecule has 0 saturated heterocycles. The van der Waals surface area contributed by atoms with Gasteiger partial charge >= 0.3 is 0 Å². The molecule has 0 aromatic heterocycles. The third-order valence-electron chi connectivity index (χ3n) is 3.13. The fourth-order valence-corrected chi connectivity index (χ4v) is 2.26. The van der Waals surface area contributed by atoms with Crippen LogP contribution in [0.2, 0.25) is 5.02 Å². The van der Waals surface area contributed by atoms with Crippen LogP contribution in [-0.4, -0.2) is 7.11 Å². The van der Waals surface area contributed by atoms with Crippen molar-refractivity contribution in [2.24, 2.45) is 10.8 Å². The number of halogens is 1. The maximum Gasteiger partial charge on any atom is 0.139 e. The molecule has 0 spiro atoms. The summed E-state index contributed by atoms with van der Waals surface area (Å²) in [6, 6.07) is 14.5. The Hall–Kier alpha value is -2.84. The third-order valence-corrected chi connectivity index (χ3v) is 3.43.